The maximum Gasteiger partial charge on any atom is 0.309 e. The summed E-state index contributed by atoms with van der Waals surface area (Å²) < 4.78 is 6.66. The van der Waals surface area contributed by atoms with Crippen LogP contribution in [-0.2, 0) is 9.53 Å². The molecule has 3 rings (SSSR count). The summed E-state index contributed by atoms with van der Waals surface area (Å²) in [6, 6.07) is 9.57. The number of hydrogen-bond acceptors (Lipinski definition) is 4. The van der Waals surface area contributed by atoms with Gasteiger partial charge in [-0.1, -0.05) is 18.2 Å². The molecule has 0 aliphatic heterocycles. The lowest BCUT2D eigenvalue weighted by Gasteiger charge is -2.13. The molecular formula is C16H16N2O3. The molecule has 1 aliphatic rings. The van der Waals surface area contributed by atoms with Gasteiger partial charge >= 0.3 is 5.97 Å². The Bertz CT molecular complexity index is 729. The second-order valence-electron chi connectivity index (χ2n) is 5.25. The lowest BCUT2D eigenvalue weighted by atomic mass is 10.2. The van der Waals surface area contributed by atoms with Crippen LogP contribution in [0.15, 0.2) is 30.5 Å². The van der Waals surface area contributed by atoms with Crippen molar-refractivity contribution >= 4 is 16.9 Å². The Kier molecular flexibility index (Phi) is 3.40. The summed E-state index contributed by atoms with van der Waals surface area (Å²) in [7, 11) is 0. The standard InChI is InChI=1S/C16H16N2O3/c1-2-21-16(20)13-7-12(13)15(19)18-9-10(8-17)11-5-3-4-6-14(11)18/h3-6,9,12-13,15,19H,2,7H2,1H3. The van der Waals surface area contributed by atoms with Gasteiger partial charge in [-0.25, -0.2) is 0 Å². The molecule has 0 amide bonds. The first kappa shape index (κ1) is 13.7. The van der Waals surface area contributed by atoms with E-state index in [0.717, 1.165) is 10.9 Å². The second-order valence-corrected chi connectivity index (χ2v) is 5.25. The number of benzene rings is 1. The van der Waals surface area contributed by atoms with Crippen LogP contribution in [-0.4, -0.2) is 22.2 Å². The normalized spacial score (nSPS) is 21.8. The molecule has 5 nitrogen and oxygen atoms in total. The highest BCUT2D eigenvalue weighted by Gasteiger charge is 2.49. The number of carbonyl (C=O) groups is 1. The second kappa shape index (κ2) is 5.23. The van der Waals surface area contributed by atoms with Crippen molar-refractivity contribution in [3.63, 3.8) is 0 Å². The van der Waals surface area contributed by atoms with Crippen LogP contribution in [0.3, 0.4) is 0 Å². The van der Waals surface area contributed by atoms with Gasteiger partial charge in [0.1, 0.15) is 12.3 Å². The van der Waals surface area contributed by atoms with Gasteiger partial charge in [0.15, 0.2) is 0 Å². The Balaban J connectivity index is 1.88. The number of aliphatic hydroxyl groups is 1. The molecule has 1 N–H and O–H groups in total. The molecule has 0 bridgehead atoms. The molecule has 2 aromatic rings. The zero-order chi connectivity index (χ0) is 15.0. The first-order valence-corrected chi connectivity index (χ1v) is 7.01. The van der Waals surface area contributed by atoms with Crippen LogP contribution in [0.1, 0.15) is 25.1 Å². The number of aromatic nitrogens is 1. The van der Waals surface area contributed by atoms with E-state index in [4.69, 9.17) is 4.74 Å². The summed E-state index contributed by atoms with van der Waals surface area (Å²) in [6.45, 7) is 2.12. The molecule has 1 aliphatic carbocycles. The van der Waals surface area contributed by atoms with Gasteiger partial charge in [-0.15, -0.1) is 0 Å². The number of ether oxygens (including phenoxy) is 1. The van der Waals surface area contributed by atoms with E-state index in [1.807, 2.05) is 24.3 Å². The molecule has 1 aromatic heterocycles. The molecule has 21 heavy (non-hydrogen) atoms. The minimum absolute atomic E-state index is 0.147. The van der Waals surface area contributed by atoms with Crippen molar-refractivity contribution in [3.8, 4) is 6.07 Å². The van der Waals surface area contributed by atoms with Crippen LogP contribution in [0.4, 0.5) is 0 Å². The quantitative estimate of drug-likeness (QED) is 0.873. The number of hydrogen-bond donors (Lipinski definition) is 1. The monoisotopic (exact) mass is 284 g/mol. The summed E-state index contributed by atoms with van der Waals surface area (Å²) >= 11 is 0. The van der Waals surface area contributed by atoms with E-state index in [0.29, 0.717) is 18.6 Å². The number of nitriles is 1. The summed E-state index contributed by atoms with van der Waals surface area (Å²) in [4.78, 5) is 11.7. The Morgan fingerprint density at radius 2 is 2.33 bits per heavy atom. The Labute approximate surface area is 122 Å². The zero-order valence-electron chi connectivity index (χ0n) is 11.7. The SMILES string of the molecule is CCOC(=O)C1CC1C(O)n1cc(C#N)c2ccccc21. The third kappa shape index (κ3) is 2.28. The van der Waals surface area contributed by atoms with E-state index < -0.39 is 6.23 Å². The molecule has 3 unspecified atom stereocenters. The van der Waals surface area contributed by atoms with Crippen molar-refractivity contribution in [1.29, 1.82) is 5.26 Å². The van der Waals surface area contributed by atoms with Gasteiger partial charge < -0.3 is 14.4 Å². The number of rotatable bonds is 4. The van der Waals surface area contributed by atoms with Gasteiger partial charge in [0.2, 0.25) is 0 Å². The maximum atomic E-state index is 11.7. The molecule has 0 spiro atoms. The average Bonchev–Trinajstić information content (AvgIpc) is 3.21. The number of fused-ring (bicyclic) bond motifs is 1. The zero-order valence-corrected chi connectivity index (χ0v) is 11.7. The lowest BCUT2D eigenvalue weighted by Crippen LogP contribution is -2.14. The van der Waals surface area contributed by atoms with Crippen molar-refractivity contribution in [3.05, 3.63) is 36.0 Å². The molecule has 1 aromatic carbocycles. The summed E-state index contributed by atoms with van der Waals surface area (Å²) in [6.07, 6.45) is 1.45. The first-order valence-electron chi connectivity index (χ1n) is 7.01. The number of aliphatic hydroxyl groups excluding tert-OH is 1. The Morgan fingerprint density at radius 1 is 1.57 bits per heavy atom. The van der Waals surface area contributed by atoms with Gasteiger partial charge in [-0.2, -0.15) is 5.26 Å². The van der Waals surface area contributed by atoms with E-state index in [-0.39, 0.29) is 17.8 Å². The number of nitrogens with zero attached hydrogens (tertiary/aromatic N) is 2. The maximum absolute atomic E-state index is 11.7. The molecule has 5 heteroatoms. The summed E-state index contributed by atoms with van der Waals surface area (Å²) in [5.74, 6) is -0.642. The van der Waals surface area contributed by atoms with Crippen LogP contribution in [0, 0.1) is 23.2 Å². The third-order valence-corrected chi connectivity index (χ3v) is 3.96. The molecule has 1 saturated carbocycles. The highest BCUT2D eigenvalue weighted by atomic mass is 16.5. The van der Waals surface area contributed by atoms with E-state index in [1.165, 1.54) is 0 Å². The molecular weight excluding hydrogens is 268 g/mol. The number of carbonyl (C=O) groups excluding carboxylic acids is 1. The minimum atomic E-state index is -0.814. The van der Waals surface area contributed by atoms with Gasteiger partial charge in [0.25, 0.3) is 0 Å². The smallest absolute Gasteiger partial charge is 0.309 e. The largest absolute Gasteiger partial charge is 0.466 e. The van der Waals surface area contributed by atoms with Crippen LogP contribution >= 0.6 is 0 Å². The lowest BCUT2D eigenvalue weighted by molar-refractivity contribution is -0.145. The highest BCUT2D eigenvalue weighted by Crippen LogP contribution is 2.47. The molecule has 1 heterocycles. The molecule has 1 fully saturated rings. The molecule has 0 saturated heterocycles. The van der Waals surface area contributed by atoms with Crippen molar-refractivity contribution in [2.24, 2.45) is 11.8 Å². The fourth-order valence-corrected chi connectivity index (χ4v) is 2.78. The Hall–Kier alpha value is -2.32. The fourth-order valence-electron chi connectivity index (χ4n) is 2.78. The molecule has 108 valence electrons. The average molecular weight is 284 g/mol. The van der Waals surface area contributed by atoms with Crippen molar-refractivity contribution < 1.29 is 14.6 Å². The molecule has 0 radical (unpaired) electrons. The molecule has 3 atom stereocenters. The van der Waals surface area contributed by atoms with Crippen molar-refractivity contribution in [1.82, 2.24) is 4.57 Å². The predicted molar refractivity (Wildman–Crippen MR) is 76.1 cm³/mol. The van der Waals surface area contributed by atoms with Crippen LogP contribution in [0.5, 0.6) is 0 Å². The summed E-state index contributed by atoms with van der Waals surface area (Å²) in [5, 5.41) is 20.5. The van der Waals surface area contributed by atoms with Crippen LogP contribution < -0.4 is 0 Å². The minimum Gasteiger partial charge on any atom is -0.466 e. The van der Waals surface area contributed by atoms with Crippen molar-refractivity contribution in [2.45, 2.75) is 19.6 Å². The van der Waals surface area contributed by atoms with E-state index in [2.05, 4.69) is 6.07 Å². The van der Waals surface area contributed by atoms with Crippen LogP contribution in [0.25, 0.3) is 10.9 Å². The van der Waals surface area contributed by atoms with Crippen molar-refractivity contribution in [2.75, 3.05) is 6.61 Å². The van der Waals surface area contributed by atoms with Gasteiger partial charge in [-0.3, -0.25) is 4.79 Å². The van der Waals surface area contributed by atoms with E-state index in [1.54, 1.807) is 17.7 Å². The third-order valence-electron chi connectivity index (χ3n) is 3.96. The topological polar surface area (TPSA) is 75.2 Å². The fraction of sp³-hybridized carbons (Fsp3) is 0.375. The highest BCUT2D eigenvalue weighted by molar-refractivity contribution is 5.86. The number of para-hydroxylation sites is 1. The predicted octanol–water partition coefficient (Wildman–Crippen LogP) is 2.20. The van der Waals surface area contributed by atoms with Gasteiger partial charge in [0, 0.05) is 17.5 Å². The summed E-state index contributed by atoms with van der Waals surface area (Å²) in [5.41, 5.74) is 1.33. The first-order chi connectivity index (χ1) is 10.2. The van der Waals surface area contributed by atoms with Gasteiger partial charge in [0.05, 0.1) is 23.6 Å². The van der Waals surface area contributed by atoms with E-state index >= 15 is 0 Å². The Morgan fingerprint density at radius 3 is 3.05 bits per heavy atom. The number of esters is 1. The van der Waals surface area contributed by atoms with E-state index in [9.17, 15) is 15.2 Å². The van der Waals surface area contributed by atoms with Crippen LogP contribution in [0.2, 0.25) is 0 Å². The van der Waals surface area contributed by atoms with Gasteiger partial charge in [-0.05, 0) is 19.4 Å².